The molecule has 0 heterocycles. The number of benzene rings is 2. The van der Waals surface area contributed by atoms with Gasteiger partial charge in [0.1, 0.15) is 12.1 Å². The van der Waals surface area contributed by atoms with Gasteiger partial charge in [-0.05, 0) is 18.1 Å². The quantitative estimate of drug-likeness (QED) is 0.760. The minimum Gasteiger partial charge on any atom is -0.445 e. The molecule has 3 N–H and O–H groups in total. The maximum absolute atomic E-state index is 12.0. The van der Waals surface area contributed by atoms with Crippen molar-refractivity contribution in [3.05, 3.63) is 71.8 Å². The van der Waals surface area contributed by atoms with Crippen molar-refractivity contribution < 1.29 is 14.3 Å². The van der Waals surface area contributed by atoms with Gasteiger partial charge in [-0.15, -0.1) is 0 Å². The van der Waals surface area contributed by atoms with Crippen molar-refractivity contribution in [1.29, 1.82) is 0 Å². The van der Waals surface area contributed by atoms with Crippen LogP contribution in [0.1, 0.15) is 18.1 Å². The lowest BCUT2D eigenvalue weighted by Gasteiger charge is -2.26. The second-order valence-electron chi connectivity index (χ2n) is 5.86. The smallest absolute Gasteiger partial charge is 0.408 e. The zero-order chi connectivity index (χ0) is 18.1. The van der Waals surface area contributed by atoms with E-state index in [2.05, 4.69) is 5.32 Å². The zero-order valence-corrected chi connectivity index (χ0v) is 14.9. The number of carbonyl (C=O) groups is 2. The molecular weight excluding hydrogens is 336 g/mol. The molecule has 2 amide bonds. The SMILES string of the molecule is C[C@@](CSCc1ccccc1)(NC(=O)OCc1ccccc1)C(N)=O. The van der Waals surface area contributed by atoms with Crippen LogP contribution in [0, 0.1) is 0 Å². The topological polar surface area (TPSA) is 81.4 Å². The molecule has 5 nitrogen and oxygen atoms in total. The number of hydrogen-bond acceptors (Lipinski definition) is 4. The van der Waals surface area contributed by atoms with E-state index >= 15 is 0 Å². The molecule has 2 aromatic rings. The largest absolute Gasteiger partial charge is 0.445 e. The lowest BCUT2D eigenvalue weighted by Crippen LogP contribution is -2.57. The van der Waals surface area contributed by atoms with Crippen molar-refractivity contribution in [3.8, 4) is 0 Å². The summed E-state index contributed by atoms with van der Waals surface area (Å²) in [7, 11) is 0. The molecule has 0 aliphatic carbocycles. The highest BCUT2D eigenvalue weighted by Crippen LogP contribution is 2.18. The van der Waals surface area contributed by atoms with Gasteiger partial charge >= 0.3 is 6.09 Å². The highest BCUT2D eigenvalue weighted by atomic mass is 32.2. The Morgan fingerprint density at radius 1 is 1.04 bits per heavy atom. The predicted molar refractivity (Wildman–Crippen MR) is 100.0 cm³/mol. The lowest BCUT2D eigenvalue weighted by atomic mass is 10.1. The summed E-state index contributed by atoms with van der Waals surface area (Å²) < 4.78 is 5.17. The molecule has 25 heavy (non-hydrogen) atoms. The molecule has 132 valence electrons. The first-order chi connectivity index (χ1) is 12.0. The highest BCUT2D eigenvalue weighted by Gasteiger charge is 2.33. The van der Waals surface area contributed by atoms with Crippen molar-refractivity contribution in [2.45, 2.75) is 24.8 Å². The summed E-state index contributed by atoms with van der Waals surface area (Å²) in [5.41, 5.74) is 6.33. The third kappa shape index (κ3) is 6.15. The number of rotatable bonds is 8. The van der Waals surface area contributed by atoms with Gasteiger partial charge in [0.25, 0.3) is 0 Å². The van der Waals surface area contributed by atoms with E-state index in [1.165, 1.54) is 11.8 Å². The third-order valence-electron chi connectivity index (χ3n) is 3.64. The summed E-state index contributed by atoms with van der Waals surface area (Å²) in [6, 6.07) is 19.2. The molecule has 0 radical (unpaired) electrons. The fraction of sp³-hybridized carbons (Fsp3) is 0.263. The summed E-state index contributed by atoms with van der Waals surface area (Å²) in [5.74, 6) is 0.493. The number of amides is 2. The van der Waals surface area contributed by atoms with Crippen LogP contribution in [0.25, 0.3) is 0 Å². The van der Waals surface area contributed by atoms with Crippen molar-refractivity contribution in [2.24, 2.45) is 5.73 Å². The van der Waals surface area contributed by atoms with Crippen molar-refractivity contribution >= 4 is 23.8 Å². The molecule has 0 saturated carbocycles. The molecule has 0 aliphatic rings. The van der Waals surface area contributed by atoms with Gasteiger partial charge in [0, 0.05) is 11.5 Å². The molecule has 1 atom stereocenters. The van der Waals surface area contributed by atoms with E-state index < -0.39 is 17.5 Å². The van der Waals surface area contributed by atoms with Gasteiger partial charge < -0.3 is 15.8 Å². The first-order valence-electron chi connectivity index (χ1n) is 7.90. The Morgan fingerprint density at radius 3 is 2.16 bits per heavy atom. The molecule has 0 aliphatic heterocycles. The van der Waals surface area contributed by atoms with Gasteiger partial charge in [0.15, 0.2) is 0 Å². The van der Waals surface area contributed by atoms with Crippen molar-refractivity contribution in [1.82, 2.24) is 5.32 Å². The Hall–Kier alpha value is -2.47. The Labute approximate surface area is 151 Å². The molecular formula is C19H22N2O3S. The molecule has 0 fully saturated rings. The van der Waals surface area contributed by atoms with Crippen LogP contribution in [0.4, 0.5) is 4.79 Å². The molecule has 0 unspecified atom stereocenters. The van der Waals surface area contributed by atoms with Gasteiger partial charge in [-0.25, -0.2) is 4.79 Å². The highest BCUT2D eigenvalue weighted by molar-refractivity contribution is 7.98. The molecule has 6 heteroatoms. The fourth-order valence-corrected chi connectivity index (χ4v) is 3.25. The number of thioether (sulfide) groups is 1. The Balaban J connectivity index is 1.85. The molecule has 0 bridgehead atoms. The number of nitrogens with two attached hydrogens (primary N) is 1. The molecule has 2 aromatic carbocycles. The normalized spacial score (nSPS) is 12.8. The van der Waals surface area contributed by atoms with E-state index in [4.69, 9.17) is 10.5 Å². The number of hydrogen-bond donors (Lipinski definition) is 2. The molecule has 0 spiro atoms. The van der Waals surface area contributed by atoms with Gasteiger partial charge in [0.05, 0.1) is 0 Å². The molecule has 0 saturated heterocycles. The monoisotopic (exact) mass is 358 g/mol. The Bertz CT molecular complexity index is 694. The summed E-state index contributed by atoms with van der Waals surface area (Å²) in [6.07, 6.45) is -0.662. The lowest BCUT2D eigenvalue weighted by molar-refractivity contribution is -0.122. The third-order valence-corrected chi connectivity index (χ3v) is 4.96. The van der Waals surface area contributed by atoms with E-state index in [9.17, 15) is 9.59 Å². The molecule has 0 aromatic heterocycles. The summed E-state index contributed by atoms with van der Waals surface area (Å²) in [5, 5.41) is 2.59. The van der Waals surface area contributed by atoms with Gasteiger partial charge in [-0.2, -0.15) is 11.8 Å². The minimum atomic E-state index is -1.17. The van der Waals surface area contributed by atoms with Crippen LogP contribution in [-0.2, 0) is 21.9 Å². The van der Waals surface area contributed by atoms with Crippen LogP contribution in [0.15, 0.2) is 60.7 Å². The van der Waals surface area contributed by atoms with Gasteiger partial charge in [-0.1, -0.05) is 60.7 Å². The van der Waals surface area contributed by atoms with E-state index in [-0.39, 0.29) is 6.61 Å². The van der Waals surface area contributed by atoms with E-state index in [0.29, 0.717) is 5.75 Å². The number of ether oxygens (including phenoxy) is 1. The van der Waals surface area contributed by atoms with Crippen LogP contribution in [0.3, 0.4) is 0 Å². The zero-order valence-electron chi connectivity index (χ0n) is 14.1. The molecule has 2 rings (SSSR count). The van der Waals surface area contributed by atoms with Crippen molar-refractivity contribution in [2.75, 3.05) is 5.75 Å². The van der Waals surface area contributed by atoms with Crippen LogP contribution in [0.2, 0.25) is 0 Å². The number of alkyl carbamates (subject to hydrolysis) is 1. The van der Waals surface area contributed by atoms with Crippen LogP contribution in [-0.4, -0.2) is 23.3 Å². The van der Waals surface area contributed by atoms with Crippen LogP contribution >= 0.6 is 11.8 Å². The summed E-state index contributed by atoms with van der Waals surface area (Å²) in [4.78, 5) is 23.8. The number of primary amides is 1. The summed E-state index contributed by atoms with van der Waals surface area (Å²) in [6.45, 7) is 1.75. The minimum absolute atomic E-state index is 0.138. The first kappa shape index (κ1) is 18.9. The number of carbonyl (C=O) groups excluding carboxylic acids is 2. The van der Waals surface area contributed by atoms with E-state index in [0.717, 1.165) is 16.9 Å². The Kier molecular flexibility index (Phi) is 6.89. The Morgan fingerprint density at radius 2 is 1.60 bits per heavy atom. The standard InChI is InChI=1S/C19H22N2O3S/c1-19(17(20)22,14-25-13-16-10-6-3-7-11-16)21-18(23)24-12-15-8-4-2-5-9-15/h2-11H,12-14H2,1H3,(H2,20,22)(H,21,23)/t19-/m0/s1. The predicted octanol–water partition coefficient (Wildman–Crippen LogP) is 3.09. The van der Waals surface area contributed by atoms with E-state index in [1.54, 1.807) is 6.92 Å². The second kappa shape index (κ2) is 9.13. The summed E-state index contributed by atoms with van der Waals surface area (Å²) >= 11 is 1.53. The average molecular weight is 358 g/mol. The second-order valence-corrected chi connectivity index (χ2v) is 6.85. The maximum atomic E-state index is 12.0. The first-order valence-corrected chi connectivity index (χ1v) is 9.05. The van der Waals surface area contributed by atoms with Gasteiger partial charge in [-0.3, -0.25) is 4.79 Å². The maximum Gasteiger partial charge on any atom is 0.408 e. The van der Waals surface area contributed by atoms with Crippen LogP contribution < -0.4 is 11.1 Å². The van der Waals surface area contributed by atoms with Crippen LogP contribution in [0.5, 0.6) is 0 Å². The van der Waals surface area contributed by atoms with Crippen molar-refractivity contribution in [3.63, 3.8) is 0 Å². The van der Waals surface area contributed by atoms with Gasteiger partial charge in [0.2, 0.25) is 5.91 Å². The van der Waals surface area contributed by atoms with E-state index in [1.807, 2.05) is 60.7 Å². The fourth-order valence-electron chi connectivity index (χ4n) is 2.10. The number of nitrogens with one attached hydrogen (secondary N) is 1. The average Bonchev–Trinajstić information content (AvgIpc) is 2.61.